The monoisotopic (exact) mass is 329 g/mol. The Hall–Kier alpha value is -1.26. The van der Waals surface area contributed by atoms with Crippen molar-refractivity contribution in [2.24, 2.45) is 5.92 Å². The number of hydrogen-bond donors (Lipinski definition) is 1. The van der Waals surface area contributed by atoms with Crippen LogP contribution in [0.1, 0.15) is 31.7 Å². The minimum Gasteiger partial charge on any atom is -0.480 e. The van der Waals surface area contributed by atoms with Crippen LogP contribution in [-0.2, 0) is 9.59 Å². The van der Waals surface area contributed by atoms with Gasteiger partial charge in [0.1, 0.15) is 6.54 Å². The normalized spacial score (nSPS) is 20.4. The summed E-state index contributed by atoms with van der Waals surface area (Å²) in [6, 6.07) is 5.10. The summed E-state index contributed by atoms with van der Waals surface area (Å²) in [7, 11) is 0. The molecule has 2 unspecified atom stereocenters. The standard InChI is InChI=1S/C15H17Cl2NO3/c1-8(2)18(7-14(19)20)15(21)12-6-11(12)10-4-3-9(16)5-13(10)17/h3-5,8,11-12H,6-7H2,1-2H3,(H,19,20). The number of halogens is 2. The Morgan fingerprint density at radius 3 is 2.57 bits per heavy atom. The molecule has 1 N–H and O–H groups in total. The number of hydrogen-bond acceptors (Lipinski definition) is 2. The van der Waals surface area contributed by atoms with E-state index in [0.717, 1.165) is 5.56 Å². The third-order valence-corrected chi connectivity index (χ3v) is 4.24. The van der Waals surface area contributed by atoms with E-state index in [-0.39, 0.29) is 30.3 Å². The zero-order valence-corrected chi connectivity index (χ0v) is 13.4. The average Bonchev–Trinajstić information content (AvgIpc) is 3.14. The second-order valence-corrected chi connectivity index (χ2v) is 6.41. The van der Waals surface area contributed by atoms with Gasteiger partial charge in [-0.3, -0.25) is 9.59 Å². The van der Waals surface area contributed by atoms with Crippen LogP contribution in [-0.4, -0.2) is 34.5 Å². The van der Waals surface area contributed by atoms with Crippen molar-refractivity contribution in [3.05, 3.63) is 33.8 Å². The van der Waals surface area contributed by atoms with Crippen molar-refractivity contribution < 1.29 is 14.7 Å². The van der Waals surface area contributed by atoms with Crippen molar-refractivity contribution >= 4 is 35.1 Å². The highest BCUT2D eigenvalue weighted by atomic mass is 35.5. The van der Waals surface area contributed by atoms with Gasteiger partial charge in [-0.05, 0) is 43.9 Å². The summed E-state index contributed by atoms with van der Waals surface area (Å²) in [5.41, 5.74) is 0.901. The smallest absolute Gasteiger partial charge is 0.323 e. The van der Waals surface area contributed by atoms with E-state index in [1.807, 2.05) is 19.9 Å². The predicted molar refractivity (Wildman–Crippen MR) is 81.8 cm³/mol. The highest BCUT2D eigenvalue weighted by Crippen LogP contribution is 2.50. The molecule has 1 aromatic carbocycles. The average molecular weight is 330 g/mol. The van der Waals surface area contributed by atoms with E-state index < -0.39 is 5.97 Å². The van der Waals surface area contributed by atoms with Gasteiger partial charge in [0.05, 0.1) is 0 Å². The van der Waals surface area contributed by atoms with Crippen molar-refractivity contribution in [1.29, 1.82) is 0 Å². The summed E-state index contributed by atoms with van der Waals surface area (Å²) in [4.78, 5) is 24.7. The summed E-state index contributed by atoms with van der Waals surface area (Å²) in [5, 5.41) is 10.0. The minimum absolute atomic E-state index is 0.0531. The predicted octanol–water partition coefficient (Wildman–Crippen LogP) is 3.42. The molecule has 2 atom stereocenters. The Balaban J connectivity index is 2.10. The largest absolute Gasteiger partial charge is 0.480 e. The van der Waals surface area contributed by atoms with Gasteiger partial charge in [-0.2, -0.15) is 0 Å². The third kappa shape index (κ3) is 3.69. The molecule has 1 fully saturated rings. The first-order chi connectivity index (χ1) is 9.81. The first-order valence-corrected chi connectivity index (χ1v) is 7.54. The molecule has 0 heterocycles. The van der Waals surface area contributed by atoms with Crippen molar-refractivity contribution in [2.45, 2.75) is 32.2 Å². The van der Waals surface area contributed by atoms with Gasteiger partial charge in [-0.25, -0.2) is 0 Å². The Morgan fingerprint density at radius 2 is 2.05 bits per heavy atom. The van der Waals surface area contributed by atoms with Gasteiger partial charge in [0.25, 0.3) is 0 Å². The molecule has 1 aromatic rings. The summed E-state index contributed by atoms with van der Waals surface area (Å²) in [6.45, 7) is 3.36. The van der Waals surface area contributed by atoms with Crippen LogP contribution in [0.5, 0.6) is 0 Å². The maximum absolute atomic E-state index is 12.4. The second-order valence-electron chi connectivity index (χ2n) is 5.57. The molecule has 0 bridgehead atoms. The molecule has 114 valence electrons. The zero-order chi connectivity index (χ0) is 15.7. The minimum atomic E-state index is -1.00. The molecule has 0 aliphatic heterocycles. The Morgan fingerprint density at radius 1 is 1.38 bits per heavy atom. The van der Waals surface area contributed by atoms with Crippen LogP contribution in [0.3, 0.4) is 0 Å². The fraction of sp³-hybridized carbons (Fsp3) is 0.467. The number of nitrogens with zero attached hydrogens (tertiary/aromatic N) is 1. The van der Waals surface area contributed by atoms with Crippen LogP contribution in [0.15, 0.2) is 18.2 Å². The van der Waals surface area contributed by atoms with Crippen LogP contribution in [0.2, 0.25) is 10.0 Å². The van der Waals surface area contributed by atoms with Crippen molar-refractivity contribution in [2.75, 3.05) is 6.54 Å². The van der Waals surface area contributed by atoms with Crippen molar-refractivity contribution in [1.82, 2.24) is 4.90 Å². The summed E-state index contributed by atoms with van der Waals surface area (Å²) >= 11 is 12.0. The Labute approximate surface area is 133 Å². The lowest BCUT2D eigenvalue weighted by Crippen LogP contribution is -2.41. The topological polar surface area (TPSA) is 57.6 Å². The molecule has 0 aromatic heterocycles. The van der Waals surface area contributed by atoms with E-state index in [1.54, 1.807) is 12.1 Å². The number of rotatable bonds is 5. The molecule has 1 amide bonds. The van der Waals surface area contributed by atoms with Crippen LogP contribution in [0.25, 0.3) is 0 Å². The molecule has 21 heavy (non-hydrogen) atoms. The third-order valence-electron chi connectivity index (χ3n) is 3.68. The second kappa shape index (κ2) is 6.24. The van der Waals surface area contributed by atoms with Gasteiger partial charge in [0.15, 0.2) is 0 Å². The van der Waals surface area contributed by atoms with Gasteiger partial charge < -0.3 is 10.0 Å². The molecule has 1 saturated carbocycles. The molecule has 2 rings (SSSR count). The van der Waals surface area contributed by atoms with E-state index in [2.05, 4.69) is 0 Å². The number of carboxylic acids is 1. The highest BCUT2D eigenvalue weighted by Gasteiger charge is 2.47. The molecular formula is C15H17Cl2NO3. The van der Waals surface area contributed by atoms with E-state index in [4.69, 9.17) is 28.3 Å². The van der Waals surface area contributed by atoms with E-state index in [1.165, 1.54) is 4.90 Å². The number of amides is 1. The first-order valence-electron chi connectivity index (χ1n) is 6.78. The molecule has 0 spiro atoms. The van der Waals surface area contributed by atoms with Crippen LogP contribution < -0.4 is 0 Å². The van der Waals surface area contributed by atoms with E-state index in [9.17, 15) is 9.59 Å². The molecule has 0 saturated heterocycles. The van der Waals surface area contributed by atoms with Crippen LogP contribution in [0.4, 0.5) is 0 Å². The number of benzene rings is 1. The number of carboxylic acid groups (broad SMARTS) is 1. The number of aliphatic carboxylic acids is 1. The molecule has 6 heteroatoms. The molecule has 0 radical (unpaired) electrons. The van der Waals surface area contributed by atoms with E-state index in [0.29, 0.717) is 16.5 Å². The number of carbonyl (C=O) groups is 2. The maximum atomic E-state index is 12.4. The van der Waals surface area contributed by atoms with Crippen molar-refractivity contribution in [3.8, 4) is 0 Å². The summed E-state index contributed by atoms with van der Waals surface area (Å²) in [5.74, 6) is -1.26. The van der Waals surface area contributed by atoms with E-state index >= 15 is 0 Å². The summed E-state index contributed by atoms with van der Waals surface area (Å²) < 4.78 is 0. The molecule has 1 aliphatic carbocycles. The highest BCUT2D eigenvalue weighted by molar-refractivity contribution is 6.35. The zero-order valence-electron chi connectivity index (χ0n) is 11.8. The molecule has 4 nitrogen and oxygen atoms in total. The molecule has 1 aliphatic rings. The fourth-order valence-corrected chi connectivity index (χ4v) is 3.04. The Bertz CT molecular complexity index is 574. The number of carbonyl (C=O) groups excluding carboxylic acids is 1. The van der Waals surface area contributed by atoms with Crippen LogP contribution in [0, 0.1) is 5.92 Å². The van der Waals surface area contributed by atoms with Gasteiger partial charge in [-0.15, -0.1) is 0 Å². The maximum Gasteiger partial charge on any atom is 0.323 e. The van der Waals surface area contributed by atoms with Crippen molar-refractivity contribution in [3.63, 3.8) is 0 Å². The lowest BCUT2D eigenvalue weighted by atomic mass is 10.1. The van der Waals surface area contributed by atoms with Gasteiger partial charge in [0.2, 0.25) is 5.91 Å². The fourth-order valence-electron chi connectivity index (χ4n) is 2.49. The van der Waals surface area contributed by atoms with Crippen LogP contribution >= 0.6 is 23.2 Å². The van der Waals surface area contributed by atoms with Gasteiger partial charge in [0, 0.05) is 22.0 Å². The lowest BCUT2D eigenvalue weighted by molar-refractivity contribution is -0.146. The summed E-state index contributed by atoms with van der Waals surface area (Å²) in [6.07, 6.45) is 0.697. The Kier molecular flexibility index (Phi) is 4.79. The quantitative estimate of drug-likeness (QED) is 0.900. The van der Waals surface area contributed by atoms with Gasteiger partial charge >= 0.3 is 5.97 Å². The lowest BCUT2D eigenvalue weighted by Gasteiger charge is -2.25. The SMILES string of the molecule is CC(C)N(CC(=O)O)C(=O)C1CC1c1ccc(Cl)cc1Cl. The first kappa shape index (κ1) is 16.1. The van der Waals surface area contributed by atoms with Gasteiger partial charge in [-0.1, -0.05) is 29.3 Å². The molecular weight excluding hydrogens is 313 g/mol.